The van der Waals surface area contributed by atoms with Crippen LogP contribution in [0.5, 0.6) is 0 Å². The van der Waals surface area contributed by atoms with Gasteiger partial charge in [-0.3, -0.25) is 0 Å². The summed E-state index contributed by atoms with van der Waals surface area (Å²) < 4.78 is 14.1. The van der Waals surface area contributed by atoms with E-state index < -0.39 is 6.10 Å². The zero-order chi connectivity index (χ0) is 14.9. The van der Waals surface area contributed by atoms with Crippen molar-refractivity contribution >= 4 is 0 Å². The van der Waals surface area contributed by atoms with E-state index in [0.717, 1.165) is 30.8 Å². The average Bonchev–Trinajstić information content (AvgIpc) is 2.32. The van der Waals surface area contributed by atoms with Crippen LogP contribution in [0.2, 0.25) is 0 Å². The van der Waals surface area contributed by atoms with Crippen molar-refractivity contribution in [3.05, 3.63) is 34.6 Å². The van der Waals surface area contributed by atoms with Crippen molar-refractivity contribution in [2.75, 3.05) is 33.7 Å². The zero-order valence-corrected chi connectivity index (χ0v) is 12.9. The van der Waals surface area contributed by atoms with E-state index in [9.17, 15) is 9.50 Å². The summed E-state index contributed by atoms with van der Waals surface area (Å²) in [6.07, 6.45) is -0.170. The van der Waals surface area contributed by atoms with E-state index in [-0.39, 0.29) is 11.9 Å². The maximum absolute atomic E-state index is 14.1. The van der Waals surface area contributed by atoms with Crippen molar-refractivity contribution in [2.45, 2.75) is 32.4 Å². The molecule has 0 radical (unpaired) electrons. The molecule has 2 atom stereocenters. The molecule has 1 N–H and O–H groups in total. The lowest BCUT2D eigenvalue weighted by atomic mass is 9.94. The highest BCUT2D eigenvalue weighted by Crippen LogP contribution is 2.28. The number of nitrogens with zero attached hydrogens (tertiary/aromatic N) is 2. The standard InChI is InChI=1S/C16H25FN2O/c1-11-7-12(2)16(14(17)8-11)15(20)9-13-10-18(3)5-6-19(13)4/h7-8,13,15,20H,5-6,9-10H2,1-4H3. The maximum Gasteiger partial charge on any atom is 0.129 e. The van der Waals surface area contributed by atoms with E-state index in [0.29, 0.717) is 12.0 Å². The molecule has 4 heteroatoms. The van der Waals surface area contributed by atoms with Crippen molar-refractivity contribution in [3.63, 3.8) is 0 Å². The number of aliphatic hydroxyl groups is 1. The molecule has 3 nitrogen and oxygen atoms in total. The Bertz CT molecular complexity index is 455. The molecule has 112 valence electrons. The Morgan fingerprint density at radius 1 is 1.30 bits per heavy atom. The van der Waals surface area contributed by atoms with Crippen molar-refractivity contribution in [1.29, 1.82) is 0 Å². The molecule has 0 saturated carbocycles. The summed E-state index contributed by atoms with van der Waals surface area (Å²) in [7, 11) is 4.16. The predicted molar refractivity (Wildman–Crippen MR) is 79.4 cm³/mol. The van der Waals surface area contributed by atoms with Crippen LogP contribution in [-0.4, -0.2) is 54.7 Å². The third-order valence-corrected chi connectivity index (χ3v) is 4.29. The molecule has 0 amide bonds. The summed E-state index contributed by atoms with van der Waals surface area (Å²) in [6, 6.07) is 3.70. The number of benzene rings is 1. The monoisotopic (exact) mass is 280 g/mol. The first-order valence-electron chi connectivity index (χ1n) is 7.22. The molecule has 1 fully saturated rings. The fourth-order valence-electron chi connectivity index (χ4n) is 3.08. The van der Waals surface area contributed by atoms with Gasteiger partial charge in [0, 0.05) is 31.2 Å². The molecule has 1 heterocycles. The van der Waals surface area contributed by atoms with Crippen LogP contribution in [0.3, 0.4) is 0 Å². The van der Waals surface area contributed by atoms with Gasteiger partial charge >= 0.3 is 0 Å². The summed E-state index contributed by atoms with van der Waals surface area (Å²) in [4.78, 5) is 4.51. The van der Waals surface area contributed by atoms with Gasteiger partial charge in [0.05, 0.1) is 6.10 Å². The second-order valence-corrected chi connectivity index (χ2v) is 6.13. The molecule has 1 aliphatic heterocycles. The maximum atomic E-state index is 14.1. The Balaban J connectivity index is 2.13. The molecule has 0 spiro atoms. The molecule has 20 heavy (non-hydrogen) atoms. The van der Waals surface area contributed by atoms with Gasteiger partial charge in [-0.15, -0.1) is 0 Å². The molecule has 1 aliphatic rings. The lowest BCUT2D eigenvalue weighted by Gasteiger charge is -2.38. The highest BCUT2D eigenvalue weighted by Gasteiger charge is 2.27. The van der Waals surface area contributed by atoms with Gasteiger partial charge in [0.25, 0.3) is 0 Å². The first kappa shape index (κ1) is 15.4. The van der Waals surface area contributed by atoms with Crippen LogP contribution >= 0.6 is 0 Å². The summed E-state index contributed by atoms with van der Waals surface area (Å²) in [5.41, 5.74) is 2.18. The third-order valence-electron chi connectivity index (χ3n) is 4.29. The van der Waals surface area contributed by atoms with Crippen LogP contribution in [0.15, 0.2) is 12.1 Å². The number of hydrogen-bond acceptors (Lipinski definition) is 3. The topological polar surface area (TPSA) is 26.7 Å². The van der Waals surface area contributed by atoms with Crippen LogP contribution in [-0.2, 0) is 0 Å². The smallest absolute Gasteiger partial charge is 0.129 e. The van der Waals surface area contributed by atoms with Crippen LogP contribution in [0.25, 0.3) is 0 Å². The average molecular weight is 280 g/mol. The van der Waals surface area contributed by atoms with Gasteiger partial charge in [0.1, 0.15) is 5.82 Å². The summed E-state index contributed by atoms with van der Waals surface area (Å²) in [6.45, 7) is 6.69. The van der Waals surface area contributed by atoms with E-state index in [1.54, 1.807) is 0 Å². The number of piperazine rings is 1. The largest absolute Gasteiger partial charge is 0.388 e. The van der Waals surface area contributed by atoms with Gasteiger partial charge in [0.2, 0.25) is 0 Å². The van der Waals surface area contributed by atoms with Crippen LogP contribution < -0.4 is 0 Å². The molecule has 1 aromatic carbocycles. The van der Waals surface area contributed by atoms with Crippen molar-refractivity contribution in [2.24, 2.45) is 0 Å². The van der Waals surface area contributed by atoms with Gasteiger partial charge in [-0.05, 0) is 51.6 Å². The fourth-order valence-corrected chi connectivity index (χ4v) is 3.08. The van der Waals surface area contributed by atoms with E-state index in [2.05, 4.69) is 23.9 Å². The Hall–Kier alpha value is -0.970. The van der Waals surface area contributed by atoms with Gasteiger partial charge < -0.3 is 14.9 Å². The second-order valence-electron chi connectivity index (χ2n) is 6.13. The highest BCUT2D eigenvalue weighted by molar-refractivity contribution is 5.33. The van der Waals surface area contributed by atoms with E-state index >= 15 is 0 Å². The highest BCUT2D eigenvalue weighted by atomic mass is 19.1. The van der Waals surface area contributed by atoms with Gasteiger partial charge in [-0.2, -0.15) is 0 Å². The summed E-state index contributed by atoms with van der Waals surface area (Å²) in [5.74, 6) is -0.290. The number of hydrogen-bond donors (Lipinski definition) is 1. The zero-order valence-electron chi connectivity index (χ0n) is 12.9. The first-order chi connectivity index (χ1) is 9.38. The van der Waals surface area contributed by atoms with Crippen molar-refractivity contribution in [1.82, 2.24) is 9.80 Å². The number of halogens is 1. The minimum absolute atomic E-state index is 0.267. The van der Waals surface area contributed by atoms with Crippen molar-refractivity contribution < 1.29 is 9.50 Å². The normalized spacial score (nSPS) is 23.0. The molecule has 0 bridgehead atoms. The molecular formula is C16H25FN2O. The SMILES string of the molecule is Cc1cc(C)c(C(O)CC2CN(C)CCN2C)c(F)c1. The van der Waals surface area contributed by atoms with Crippen molar-refractivity contribution in [3.8, 4) is 0 Å². The third kappa shape index (κ3) is 3.37. The summed E-state index contributed by atoms with van der Waals surface area (Å²) >= 11 is 0. The molecule has 2 unspecified atom stereocenters. The molecule has 0 aliphatic carbocycles. The fraction of sp³-hybridized carbons (Fsp3) is 0.625. The number of likely N-dealkylation sites (N-methyl/N-ethyl adjacent to an activating group) is 2. The second kappa shape index (κ2) is 6.20. The summed E-state index contributed by atoms with van der Waals surface area (Å²) in [5, 5.41) is 10.4. The number of aryl methyl sites for hydroxylation is 2. The predicted octanol–water partition coefficient (Wildman–Crippen LogP) is 2.11. The lowest BCUT2D eigenvalue weighted by Crippen LogP contribution is -2.50. The van der Waals surface area contributed by atoms with Gasteiger partial charge in [-0.25, -0.2) is 4.39 Å². The van der Waals surface area contributed by atoms with Crippen LogP contribution in [0, 0.1) is 19.7 Å². The molecule has 1 saturated heterocycles. The number of rotatable bonds is 3. The van der Waals surface area contributed by atoms with E-state index in [1.807, 2.05) is 19.9 Å². The van der Waals surface area contributed by atoms with Crippen LogP contribution in [0.1, 0.15) is 29.2 Å². The Morgan fingerprint density at radius 3 is 2.65 bits per heavy atom. The number of aliphatic hydroxyl groups excluding tert-OH is 1. The van der Waals surface area contributed by atoms with Crippen LogP contribution in [0.4, 0.5) is 4.39 Å². The first-order valence-corrected chi connectivity index (χ1v) is 7.22. The van der Waals surface area contributed by atoms with E-state index in [4.69, 9.17) is 0 Å². The van der Waals surface area contributed by atoms with Gasteiger partial charge in [-0.1, -0.05) is 6.07 Å². The Morgan fingerprint density at radius 2 is 2.00 bits per heavy atom. The minimum Gasteiger partial charge on any atom is -0.388 e. The Labute approximate surface area is 121 Å². The Kier molecular flexibility index (Phi) is 4.78. The van der Waals surface area contributed by atoms with Gasteiger partial charge in [0.15, 0.2) is 0 Å². The molecular weight excluding hydrogens is 255 g/mol. The lowest BCUT2D eigenvalue weighted by molar-refractivity contribution is 0.0619. The van der Waals surface area contributed by atoms with E-state index in [1.165, 1.54) is 6.07 Å². The molecule has 2 rings (SSSR count). The molecule has 0 aromatic heterocycles. The minimum atomic E-state index is -0.741. The molecule has 1 aromatic rings. The quantitative estimate of drug-likeness (QED) is 0.918.